The molecule has 5 heteroatoms. The Bertz CT molecular complexity index is 1130. The largest absolute Gasteiger partial charge is 0.385 e. The number of carbonyl (C=O) groups excluding carboxylic acids is 1. The fraction of sp³-hybridized carbons (Fsp3) is 0.552. The van der Waals surface area contributed by atoms with Gasteiger partial charge in [0.05, 0.1) is 11.3 Å². The average molecular weight is 468 g/mol. The molecule has 4 aliphatic rings. The number of benzene rings is 1. The zero-order valence-corrected chi connectivity index (χ0v) is 20.6. The second-order valence-corrected chi connectivity index (χ2v) is 11.2. The van der Waals surface area contributed by atoms with Crippen LogP contribution in [0.5, 0.6) is 0 Å². The van der Waals surface area contributed by atoms with Crippen molar-refractivity contribution in [3.8, 4) is 0 Å². The molecule has 5 rings (SSSR count). The first-order chi connectivity index (χ1) is 16.1. The van der Waals surface area contributed by atoms with E-state index >= 15 is 8.78 Å². The Morgan fingerprint density at radius 1 is 1.12 bits per heavy atom. The van der Waals surface area contributed by atoms with Crippen LogP contribution >= 0.6 is 0 Å². The lowest BCUT2D eigenvalue weighted by Crippen LogP contribution is -2.50. The van der Waals surface area contributed by atoms with Crippen LogP contribution < -0.4 is 4.90 Å². The van der Waals surface area contributed by atoms with Gasteiger partial charge >= 0.3 is 0 Å². The fourth-order valence-electron chi connectivity index (χ4n) is 7.69. The molecular weight excluding hydrogens is 432 g/mol. The maximum Gasteiger partial charge on any atom is 0.156 e. The number of rotatable bonds is 3. The van der Waals surface area contributed by atoms with Gasteiger partial charge < -0.3 is 10.0 Å². The highest BCUT2D eigenvalue weighted by Gasteiger charge is 2.62. The third-order valence-electron chi connectivity index (χ3n) is 9.32. The van der Waals surface area contributed by atoms with E-state index in [-0.39, 0.29) is 29.2 Å². The summed E-state index contributed by atoms with van der Waals surface area (Å²) in [4.78, 5) is 13.8. The SMILES string of the molecule is CC=C[C@]1(O)CC[C@H]2[C@@H]3CCC4=CC(=O)CCC4=C3[C@@H](c3cc(F)c(N(C)C)cc3F)C[C@@]21C. The Hall–Kier alpha value is -2.27. The molecule has 2 fully saturated rings. The van der Waals surface area contributed by atoms with E-state index in [1.165, 1.54) is 23.3 Å². The first-order valence-corrected chi connectivity index (χ1v) is 12.6. The molecule has 0 aliphatic heterocycles. The van der Waals surface area contributed by atoms with Crippen LogP contribution in [-0.4, -0.2) is 30.6 Å². The van der Waals surface area contributed by atoms with Gasteiger partial charge in [-0.2, -0.15) is 0 Å². The molecule has 34 heavy (non-hydrogen) atoms. The van der Waals surface area contributed by atoms with Crippen molar-refractivity contribution in [3.05, 3.63) is 64.3 Å². The molecular formula is C29H35F2NO2. The molecule has 182 valence electrons. The maximum absolute atomic E-state index is 15.7. The minimum Gasteiger partial charge on any atom is -0.385 e. The van der Waals surface area contributed by atoms with Crippen molar-refractivity contribution in [1.29, 1.82) is 0 Å². The summed E-state index contributed by atoms with van der Waals surface area (Å²) < 4.78 is 30.8. The number of hydrogen-bond acceptors (Lipinski definition) is 3. The number of halogens is 2. The first-order valence-electron chi connectivity index (χ1n) is 12.6. The Morgan fingerprint density at radius 3 is 2.59 bits per heavy atom. The number of fused-ring (bicyclic) bond motifs is 4. The molecule has 1 aromatic rings. The van der Waals surface area contributed by atoms with Crippen LogP contribution in [0.15, 0.2) is 47.1 Å². The van der Waals surface area contributed by atoms with E-state index in [0.29, 0.717) is 31.2 Å². The van der Waals surface area contributed by atoms with E-state index < -0.39 is 22.7 Å². The smallest absolute Gasteiger partial charge is 0.156 e. The van der Waals surface area contributed by atoms with E-state index in [9.17, 15) is 9.90 Å². The predicted molar refractivity (Wildman–Crippen MR) is 131 cm³/mol. The number of anilines is 1. The topological polar surface area (TPSA) is 40.5 Å². The van der Waals surface area contributed by atoms with Crippen LogP contribution in [0, 0.1) is 28.9 Å². The van der Waals surface area contributed by atoms with Crippen LogP contribution in [0.3, 0.4) is 0 Å². The number of carbonyl (C=O) groups is 1. The van der Waals surface area contributed by atoms with E-state index in [0.717, 1.165) is 24.8 Å². The maximum atomic E-state index is 15.7. The normalized spacial score (nSPS) is 35.2. The van der Waals surface area contributed by atoms with Gasteiger partial charge in [-0.3, -0.25) is 4.79 Å². The highest BCUT2D eigenvalue weighted by atomic mass is 19.1. The minimum atomic E-state index is -0.960. The molecule has 0 heterocycles. The summed E-state index contributed by atoms with van der Waals surface area (Å²) in [6, 6.07) is 2.68. The quantitative estimate of drug-likeness (QED) is 0.535. The lowest BCUT2D eigenvalue weighted by molar-refractivity contribution is -0.114. The van der Waals surface area contributed by atoms with Gasteiger partial charge in [-0.05, 0) is 86.1 Å². The van der Waals surface area contributed by atoms with Crippen molar-refractivity contribution in [1.82, 2.24) is 0 Å². The molecule has 0 amide bonds. The molecule has 0 spiro atoms. The third kappa shape index (κ3) is 3.34. The van der Waals surface area contributed by atoms with Crippen LogP contribution in [0.1, 0.15) is 70.3 Å². The third-order valence-corrected chi connectivity index (χ3v) is 9.32. The fourth-order valence-corrected chi connectivity index (χ4v) is 7.69. The summed E-state index contributed by atoms with van der Waals surface area (Å²) in [5, 5.41) is 11.8. The van der Waals surface area contributed by atoms with Crippen molar-refractivity contribution in [2.45, 2.75) is 70.3 Å². The lowest BCUT2D eigenvalue weighted by Gasteiger charge is -2.54. The standard InChI is InChI=1S/C29H35F2NO2/c1-5-11-29(34)12-10-23-20-8-6-17-13-18(33)7-9-19(17)27(20)22(16-28(23,29)2)21-14-25(31)26(32(3)4)15-24(21)30/h5,11,13-15,20,22-23,34H,6-10,12,16H2,1-4H3/t20-,22+,23-,28-,29-/m0/s1. The summed E-state index contributed by atoms with van der Waals surface area (Å²) in [6.07, 6.45) is 10.7. The number of ketones is 1. The van der Waals surface area contributed by atoms with Crippen molar-refractivity contribution < 1.29 is 18.7 Å². The second kappa shape index (κ2) is 8.15. The lowest BCUT2D eigenvalue weighted by atomic mass is 9.51. The van der Waals surface area contributed by atoms with Crippen LogP contribution in [0.2, 0.25) is 0 Å². The number of nitrogens with zero attached hydrogens (tertiary/aromatic N) is 1. The summed E-state index contributed by atoms with van der Waals surface area (Å²) in [6.45, 7) is 4.07. The predicted octanol–water partition coefficient (Wildman–Crippen LogP) is 6.24. The zero-order chi connectivity index (χ0) is 24.4. The van der Waals surface area contributed by atoms with E-state index in [2.05, 4.69) is 6.92 Å². The number of aliphatic hydroxyl groups is 1. The monoisotopic (exact) mass is 467 g/mol. The van der Waals surface area contributed by atoms with Crippen LogP contribution in [-0.2, 0) is 4.79 Å². The first kappa shape index (κ1) is 23.5. The Morgan fingerprint density at radius 2 is 1.88 bits per heavy atom. The van der Waals surface area contributed by atoms with Gasteiger partial charge in [-0.1, -0.05) is 24.6 Å². The molecule has 0 aromatic heterocycles. The summed E-state index contributed by atoms with van der Waals surface area (Å²) in [5.41, 5.74) is 2.70. The molecule has 1 N–H and O–H groups in total. The van der Waals surface area contributed by atoms with Gasteiger partial charge in [0.25, 0.3) is 0 Å². The summed E-state index contributed by atoms with van der Waals surface area (Å²) in [7, 11) is 3.41. The highest BCUT2D eigenvalue weighted by molar-refractivity contribution is 5.93. The van der Waals surface area contributed by atoms with Gasteiger partial charge in [-0.25, -0.2) is 8.78 Å². The Kier molecular flexibility index (Phi) is 5.63. The summed E-state index contributed by atoms with van der Waals surface area (Å²) in [5.74, 6) is -0.513. The van der Waals surface area contributed by atoms with Gasteiger partial charge in [-0.15, -0.1) is 0 Å². The Balaban J connectivity index is 1.72. The molecule has 0 bridgehead atoms. The zero-order valence-electron chi connectivity index (χ0n) is 20.6. The highest BCUT2D eigenvalue weighted by Crippen LogP contribution is 2.67. The van der Waals surface area contributed by atoms with Crippen molar-refractivity contribution in [2.24, 2.45) is 17.3 Å². The van der Waals surface area contributed by atoms with Gasteiger partial charge in [0, 0.05) is 37.9 Å². The number of allylic oxidation sites excluding steroid dienone is 5. The molecule has 4 aliphatic carbocycles. The van der Waals surface area contributed by atoms with Crippen LogP contribution in [0.25, 0.3) is 0 Å². The minimum absolute atomic E-state index is 0.158. The second-order valence-electron chi connectivity index (χ2n) is 11.2. The molecule has 0 saturated heterocycles. The molecule has 3 nitrogen and oxygen atoms in total. The van der Waals surface area contributed by atoms with Crippen molar-refractivity contribution in [3.63, 3.8) is 0 Å². The molecule has 5 atom stereocenters. The molecule has 1 aromatic carbocycles. The van der Waals surface area contributed by atoms with E-state index in [1.54, 1.807) is 25.1 Å². The van der Waals surface area contributed by atoms with Crippen molar-refractivity contribution >= 4 is 11.5 Å². The molecule has 0 radical (unpaired) electrons. The van der Waals surface area contributed by atoms with E-state index in [1.807, 2.05) is 19.1 Å². The molecule has 2 saturated carbocycles. The van der Waals surface area contributed by atoms with E-state index in [4.69, 9.17) is 0 Å². The average Bonchev–Trinajstić information content (AvgIpc) is 3.04. The van der Waals surface area contributed by atoms with Crippen LogP contribution in [0.4, 0.5) is 14.5 Å². The van der Waals surface area contributed by atoms with Gasteiger partial charge in [0.2, 0.25) is 0 Å². The molecule has 0 unspecified atom stereocenters. The summed E-state index contributed by atoms with van der Waals surface area (Å²) >= 11 is 0. The number of hydrogen-bond donors (Lipinski definition) is 1. The van der Waals surface area contributed by atoms with Crippen molar-refractivity contribution in [2.75, 3.05) is 19.0 Å². The van der Waals surface area contributed by atoms with Gasteiger partial charge in [0.15, 0.2) is 5.78 Å². The Labute approximate surface area is 201 Å². The van der Waals surface area contributed by atoms with Gasteiger partial charge in [0.1, 0.15) is 11.6 Å².